The van der Waals surface area contributed by atoms with Crippen LogP contribution in [0, 0.1) is 0 Å². The number of nitrogens with one attached hydrogen (secondary N) is 1. The van der Waals surface area contributed by atoms with Crippen LogP contribution in [0.3, 0.4) is 0 Å². The van der Waals surface area contributed by atoms with E-state index in [4.69, 9.17) is 9.26 Å². The molecule has 0 radical (unpaired) electrons. The van der Waals surface area contributed by atoms with E-state index in [1.807, 2.05) is 82.3 Å². The summed E-state index contributed by atoms with van der Waals surface area (Å²) in [6.07, 6.45) is 3.46. The number of hydrogen-bond donors (Lipinski definition) is 1. The third-order valence-electron chi connectivity index (χ3n) is 4.74. The van der Waals surface area contributed by atoms with Crippen LogP contribution in [0.15, 0.2) is 60.9 Å². The first-order valence-electron chi connectivity index (χ1n) is 11.1. The Balaban J connectivity index is 1.81. The van der Waals surface area contributed by atoms with E-state index < -0.39 is 7.37 Å². The van der Waals surface area contributed by atoms with Crippen LogP contribution in [0.4, 0.5) is 11.5 Å². The van der Waals surface area contributed by atoms with E-state index in [0.29, 0.717) is 24.7 Å². The maximum atomic E-state index is 13.1. The second-order valence-corrected chi connectivity index (χ2v) is 10.5. The summed E-state index contributed by atoms with van der Waals surface area (Å²) >= 11 is 0. The van der Waals surface area contributed by atoms with Gasteiger partial charge in [0.2, 0.25) is 7.37 Å². The van der Waals surface area contributed by atoms with Crippen LogP contribution in [0.5, 0.6) is 5.75 Å². The first kappa shape index (κ1) is 24.0. The zero-order valence-corrected chi connectivity index (χ0v) is 20.1. The quantitative estimate of drug-likeness (QED) is 0.318. The Hall–Kier alpha value is -2.69. The van der Waals surface area contributed by atoms with E-state index in [0.717, 1.165) is 34.7 Å². The molecule has 1 heterocycles. The van der Waals surface area contributed by atoms with Gasteiger partial charge in [-0.25, -0.2) is 9.97 Å². The van der Waals surface area contributed by atoms with Crippen molar-refractivity contribution in [3.63, 3.8) is 0 Å². The molecule has 0 spiro atoms. The molecule has 0 fully saturated rings. The smallest absolute Gasteiger partial charge is 0.207 e. The zero-order chi connectivity index (χ0) is 23.0. The van der Waals surface area contributed by atoms with E-state index in [1.54, 1.807) is 0 Å². The fourth-order valence-corrected chi connectivity index (χ4v) is 5.83. The summed E-state index contributed by atoms with van der Waals surface area (Å²) in [5.41, 5.74) is 3.54. The van der Waals surface area contributed by atoms with E-state index in [9.17, 15) is 4.57 Å². The monoisotopic (exact) mass is 453 g/mol. The van der Waals surface area contributed by atoms with Crippen LogP contribution >= 0.6 is 7.37 Å². The average molecular weight is 454 g/mol. The van der Waals surface area contributed by atoms with E-state index >= 15 is 0 Å². The minimum absolute atomic E-state index is 0.0682. The lowest BCUT2D eigenvalue weighted by Gasteiger charge is -2.18. The normalized spacial score (nSPS) is 13.0. The number of ether oxygens (including phenoxy) is 1. The molecule has 1 atom stereocenters. The van der Waals surface area contributed by atoms with Gasteiger partial charge in [0, 0.05) is 29.6 Å². The molecule has 0 aliphatic rings. The zero-order valence-electron chi connectivity index (χ0n) is 19.2. The lowest BCUT2D eigenvalue weighted by atomic mass is 10.1. The number of aromatic nitrogens is 2. The van der Waals surface area contributed by atoms with Gasteiger partial charge in [0.05, 0.1) is 18.4 Å². The van der Waals surface area contributed by atoms with Crippen LogP contribution in [0.2, 0.25) is 0 Å². The topological polar surface area (TPSA) is 73.3 Å². The van der Waals surface area contributed by atoms with Crippen molar-refractivity contribution >= 4 is 18.9 Å². The van der Waals surface area contributed by atoms with Gasteiger partial charge in [-0.15, -0.1) is 0 Å². The highest BCUT2D eigenvalue weighted by atomic mass is 31.2. The number of benzene rings is 2. The van der Waals surface area contributed by atoms with Gasteiger partial charge in [0.25, 0.3) is 0 Å². The molecule has 3 rings (SSSR count). The fraction of sp³-hybridized carbons (Fsp3) is 0.360. The van der Waals surface area contributed by atoms with Gasteiger partial charge in [0.1, 0.15) is 17.9 Å². The highest BCUT2D eigenvalue weighted by Crippen LogP contribution is 2.50. The van der Waals surface area contributed by atoms with Gasteiger partial charge < -0.3 is 14.6 Å². The van der Waals surface area contributed by atoms with Crippen molar-refractivity contribution in [2.45, 2.75) is 46.4 Å². The molecular weight excluding hydrogens is 421 g/mol. The number of para-hydroxylation sites is 1. The van der Waals surface area contributed by atoms with Gasteiger partial charge in [0.15, 0.2) is 0 Å². The lowest BCUT2D eigenvalue weighted by Crippen LogP contribution is -2.06. The van der Waals surface area contributed by atoms with Crippen LogP contribution in [-0.4, -0.2) is 28.8 Å². The Morgan fingerprint density at radius 2 is 1.84 bits per heavy atom. The highest BCUT2D eigenvalue weighted by Gasteiger charge is 2.22. The summed E-state index contributed by atoms with van der Waals surface area (Å²) in [5, 5.41) is 3.34. The minimum Gasteiger partial charge on any atom is -0.490 e. The second-order valence-electron chi connectivity index (χ2n) is 7.89. The van der Waals surface area contributed by atoms with E-state index in [2.05, 4.69) is 15.3 Å². The molecule has 32 heavy (non-hydrogen) atoms. The standard InChI is InChI=1S/C25H32N3O3P/c1-5-14-32(29,30-6-2)17-20-10-9-11-21(15-20)28-25-16-23(26-18-27-25)22-12-7-8-13-24(22)31-19(3)4/h7-13,15-16,18-19H,5-6,14,17H2,1-4H3,(H,26,27,28). The SMILES string of the molecule is CCCP(=O)(Cc1cccc(Nc2cc(-c3ccccc3OC(C)C)ncn2)c1)OCC. The predicted molar refractivity (Wildman–Crippen MR) is 131 cm³/mol. The number of anilines is 2. The molecule has 3 aromatic rings. The second kappa shape index (κ2) is 11.3. The first-order valence-corrected chi connectivity index (χ1v) is 13.1. The summed E-state index contributed by atoms with van der Waals surface area (Å²) in [6.45, 7) is 8.38. The molecule has 0 amide bonds. The van der Waals surface area contributed by atoms with Gasteiger partial charge >= 0.3 is 0 Å². The molecule has 0 saturated carbocycles. The average Bonchev–Trinajstić information content (AvgIpc) is 2.74. The fourth-order valence-electron chi connectivity index (χ4n) is 3.55. The molecule has 0 bridgehead atoms. The minimum atomic E-state index is -2.68. The molecule has 0 saturated heterocycles. The first-order chi connectivity index (χ1) is 15.4. The number of hydrogen-bond acceptors (Lipinski definition) is 6. The Morgan fingerprint density at radius 1 is 1.03 bits per heavy atom. The van der Waals surface area contributed by atoms with Crippen LogP contribution in [0.1, 0.15) is 39.7 Å². The molecular formula is C25H32N3O3P. The number of rotatable bonds is 11. The van der Waals surface area contributed by atoms with Gasteiger partial charge in [-0.2, -0.15) is 0 Å². The van der Waals surface area contributed by atoms with Crippen LogP contribution < -0.4 is 10.1 Å². The van der Waals surface area contributed by atoms with Gasteiger partial charge in [-0.1, -0.05) is 31.2 Å². The maximum Gasteiger partial charge on any atom is 0.207 e. The molecule has 7 heteroatoms. The van der Waals surface area contributed by atoms with Crippen molar-refractivity contribution in [3.05, 3.63) is 66.5 Å². The number of nitrogens with zero attached hydrogens (tertiary/aromatic N) is 2. The van der Waals surface area contributed by atoms with Crippen molar-refractivity contribution in [2.75, 3.05) is 18.1 Å². The maximum absolute atomic E-state index is 13.1. The third kappa shape index (κ3) is 6.65. The van der Waals surface area contributed by atoms with Crippen molar-refractivity contribution in [3.8, 4) is 17.0 Å². The van der Waals surface area contributed by atoms with Gasteiger partial charge in [-0.05, 0) is 57.0 Å². The van der Waals surface area contributed by atoms with Crippen molar-refractivity contribution in [1.29, 1.82) is 0 Å². The molecule has 0 aliphatic carbocycles. The van der Waals surface area contributed by atoms with Crippen molar-refractivity contribution in [2.24, 2.45) is 0 Å². The van der Waals surface area contributed by atoms with E-state index in [1.165, 1.54) is 6.33 Å². The Labute approximate surface area is 190 Å². The molecule has 1 aromatic heterocycles. The summed E-state index contributed by atoms with van der Waals surface area (Å²) in [5.74, 6) is 1.46. The Kier molecular flexibility index (Phi) is 8.43. The summed E-state index contributed by atoms with van der Waals surface area (Å²) in [6, 6.07) is 17.7. The highest BCUT2D eigenvalue weighted by molar-refractivity contribution is 7.58. The van der Waals surface area contributed by atoms with Crippen LogP contribution in [0.25, 0.3) is 11.3 Å². The Bertz CT molecular complexity index is 1060. The lowest BCUT2D eigenvalue weighted by molar-refractivity contribution is 0.243. The largest absolute Gasteiger partial charge is 0.490 e. The molecule has 0 aliphatic heterocycles. The molecule has 170 valence electrons. The third-order valence-corrected chi connectivity index (χ3v) is 7.45. The van der Waals surface area contributed by atoms with E-state index in [-0.39, 0.29) is 6.10 Å². The molecule has 2 aromatic carbocycles. The summed E-state index contributed by atoms with van der Waals surface area (Å²) in [7, 11) is -2.68. The molecule has 1 N–H and O–H groups in total. The van der Waals surface area contributed by atoms with Gasteiger partial charge in [-0.3, -0.25) is 4.57 Å². The van der Waals surface area contributed by atoms with Crippen molar-refractivity contribution in [1.82, 2.24) is 9.97 Å². The predicted octanol–water partition coefficient (Wildman–Crippen LogP) is 6.90. The molecule has 1 unspecified atom stereocenters. The molecule has 6 nitrogen and oxygen atoms in total. The Morgan fingerprint density at radius 3 is 2.59 bits per heavy atom. The summed E-state index contributed by atoms with van der Waals surface area (Å²) in [4.78, 5) is 8.81. The summed E-state index contributed by atoms with van der Waals surface area (Å²) < 4.78 is 24.7. The van der Waals surface area contributed by atoms with Crippen molar-refractivity contribution < 1.29 is 13.8 Å². The van der Waals surface area contributed by atoms with Crippen LogP contribution in [-0.2, 0) is 15.3 Å².